The lowest BCUT2D eigenvalue weighted by molar-refractivity contribution is -0.168. The Morgan fingerprint density at radius 1 is 1.20 bits per heavy atom. The van der Waals surface area contributed by atoms with E-state index in [-0.39, 0.29) is 24.2 Å². The third-order valence-electron chi connectivity index (χ3n) is 5.68. The Bertz CT molecular complexity index is 1020. The van der Waals surface area contributed by atoms with E-state index in [4.69, 9.17) is 15.4 Å². The third kappa shape index (κ3) is 7.57. The van der Waals surface area contributed by atoms with Gasteiger partial charge < -0.3 is 26.0 Å². The summed E-state index contributed by atoms with van der Waals surface area (Å²) in [5, 5.41) is 27.5. The van der Waals surface area contributed by atoms with Gasteiger partial charge in [0.25, 0.3) is 5.91 Å². The molecule has 0 aliphatic heterocycles. The summed E-state index contributed by atoms with van der Waals surface area (Å²) in [6, 6.07) is 9.24. The summed E-state index contributed by atoms with van der Waals surface area (Å²) in [7, 11) is 0. The average Bonchev–Trinajstić information content (AvgIpc) is 3.38. The van der Waals surface area contributed by atoms with Crippen molar-refractivity contribution in [2.45, 2.75) is 52.0 Å². The van der Waals surface area contributed by atoms with Crippen molar-refractivity contribution in [2.24, 2.45) is 16.8 Å². The van der Waals surface area contributed by atoms with E-state index in [0.29, 0.717) is 41.2 Å². The molecule has 3 amide bonds. The van der Waals surface area contributed by atoms with Crippen LogP contribution in [0, 0.1) is 5.92 Å². The van der Waals surface area contributed by atoms with E-state index < -0.39 is 17.9 Å². The molecule has 2 aromatic rings. The monoisotopic (exact) mass is 487 g/mol. The summed E-state index contributed by atoms with van der Waals surface area (Å²) < 4.78 is 5.63. The number of hydrogen-bond acceptors (Lipinski definition) is 7. The maximum atomic E-state index is 12.8. The van der Waals surface area contributed by atoms with Crippen LogP contribution in [-0.4, -0.2) is 52.2 Å². The molecule has 0 bridgehead atoms. The number of nitrogens with zero attached hydrogens (tertiary/aromatic N) is 2. The molecule has 2 rings (SSSR count). The van der Waals surface area contributed by atoms with E-state index in [9.17, 15) is 19.6 Å². The first-order valence-electron chi connectivity index (χ1n) is 11.5. The zero-order valence-corrected chi connectivity index (χ0v) is 19.9. The number of oxime groups is 1. The Morgan fingerprint density at radius 2 is 1.97 bits per heavy atom. The lowest BCUT2D eigenvalue weighted by atomic mass is 9.90. The third-order valence-corrected chi connectivity index (χ3v) is 5.68. The number of amidine groups is 1. The van der Waals surface area contributed by atoms with Gasteiger partial charge >= 0.3 is 0 Å². The minimum atomic E-state index is -0.659. The van der Waals surface area contributed by atoms with Crippen LogP contribution in [0.3, 0.4) is 0 Å². The number of amides is 3. The van der Waals surface area contributed by atoms with Crippen molar-refractivity contribution in [3.63, 3.8) is 0 Å². The maximum Gasteiger partial charge on any atom is 0.288 e. The molecule has 1 aromatic carbocycles. The fraction of sp³-hybridized carbons (Fsp3) is 0.417. The average molecular weight is 488 g/mol. The van der Waals surface area contributed by atoms with Crippen molar-refractivity contribution in [3.8, 4) is 11.3 Å². The first-order valence-corrected chi connectivity index (χ1v) is 11.5. The zero-order valence-electron chi connectivity index (χ0n) is 19.9. The van der Waals surface area contributed by atoms with Crippen LogP contribution < -0.4 is 16.4 Å². The van der Waals surface area contributed by atoms with Crippen LogP contribution in [0.4, 0.5) is 0 Å². The molecule has 0 radical (unpaired) electrons. The molecular weight excluding hydrogens is 454 g/mol. The standard InChI is InChI=1S/C24H33N5O6/c1-3-5-6-10-18(19(4-2)29(34)15-30)23(31)26-14-27-24(32)21-12-11-20(35-21)16-8-7-9-17(13-16)22(25)28-33/h7-9,11-13,15,18-19,33-34H,3-6,10,14H2,1-2H3,(H2,25,28)(H,26,31)(H,27,32)/t18?,19-/m1/s1. The second-order valence-electron chi connectivity index (χ2n) is 8.02. The van der Waals surface area contributed by atoms with Crippen molar-refractivity contribution < 1.29 is 29.2 Å². The van der Waals surface area contributed by atoms with Gasteiger partial charge in [0.2, 0.25) is 12.3 Å². The quantitative estimate of drug-likeness (QED) is 0.0398. The van der Waals surface area contributed by atoms with Gasteiger partial charge in [0.15, 0.2) is 11.6 Å². The molecule has 35 heavy (non-hydrogen) atoms. The molecule has 0 fully saturated rings. The lowest BCUT2D eigenvalue weighted by Gasteiger charge is -2.29. The van der Waals surface area contributed by atoms with Gasteiger partial charge in [0, 0.05) is 11.1 Å². The van der Waals surface area contributed by atoms with Gasteiger partial charge in [-0.05, 0) is 31.0 Å². The largest absolute Gasteiger partial charge is 0.451 e. The summed E-state index contributed by atoms with van der Waals surface area (Å²) >= 11 is 0. The molecule has 2 atom stereocenters. The number of hydrogen-bond donors (Lipinski definition) is 5. The number of benzene rings is 1. The van der Waals surface area contributed by atoms with Gasteiger partial charge in [-0.15, -0.1) is 0 Å². The molecule has 0 aliphatic carbocycles. The number of hydroxylamine groups is 2. The second kappa shape index (κ2) is 13.8. The lowest BCUT2D eigenvalue weighted by Crippen LogP contribution is -2.47. The summed E-state index contributed by atoms with van der Waals surface area (Å²) in [5.74, 6) is -1.12. The van der Waals surface area contributed by atoms with E-state index in [2.05, 4.69) is 15.8 Å². The van der Waals surface area contributed by atoms with Crippen LogP contribution in [0.5, 0.6) is 0 Å². The number of rotatable bonds is 14. The number of carbonyl (C=O) groups excluding carboxylic acids is 3. The normalized spacial score (nSPS) is 13.1. The number of furan rings is 1. The van der Waals surface area contributed by atoms with Crippen LogP contribution in [0.2, 0.25) is 0 Å². The number of unbranched alkanes of at least 4 members (excludes halogenated alkanes) is 2. The first-order chi connectivity index (χ1) is 16.9. The van der Waals surface area contributed by atoms with Crippen molar-refractivity contribution in [1.82, 2.24) is 15.7 Å². The highest BCUT2D eigenvalue weighted by atomic mass is 16.5. The van der Waals surface area contributed by atoms with Crippen LogP contribution in [-0.2, 0) is 9.59 Å². The van der Waals surface area contributed by atoms with Crippen LogP contribution >= 0.6 is 0 Å². The summed E-state index contributed by atoms with van der Waals surface area (Å²) in [4.78, 5) is 36.3. The Kier molecular flexibility index (Phi) is 10.8. The smallest absolute Gasteiger partial charge is 0.288 e. The predicted octanol–water partition coefficient (Wildman–Crippen LogP) is 2.67. The SMILES string of the molecule is CCCCCC(C(=O)NCNC(=O)c1ccc(-c2cccc(/C(N)=N/O)c2)o1)[C@@H](CC)N(O)C=O. The topological polar surface area (TPSA) is 170 Å². The van der Waals surface area contributed by atoms with Crippen molar-refractivity contribution >= 4 is 24.1 Å². The van der Waals surface area contributed by atoms with Gasteiger partial charge in [0.05, 0.1) is 18.6 Å². The van der Waals surface area contributed by atoms with Gasteiger partial charge in [-0.2, -0.15) is 0 Å². The van der Waals surface area contributed by atoms with Crippen molar-refractivity contribution in [3.05, 3.63) is 47.7 Å². The molecule has 190 valence electrons. The van der Waals surface area contributed by atoms with Crippen molar-refractivity contribution in [2.75, 3.05) is 6.67 Å². The zero-order chi connectivity index (χ0) is 25.8. The molecule has 0 saturated heterocycles. The second-order valence-corrected chi connectivity index (χ2v) is 8.02. The van der Waals surface area contributed by atoms with Gasteiger partial charge in [0.1, 0.15) is 5.76 Å². The molecule has 0 saturated carbocycles. The highest BCUT2D eigenvalue weighted by molar-refractivity contribution is 5.98. The first kappa shape index (κ1) is 27.4. The van der Waals surface area contributed by atoms with E-state index in [0.717, 1.165) is 19.3 Å². The van der Waals surface area contributed by atoms with Crippen LogP contribution in [0.1, 0.15) is 62.1 Å². The van der Waals surface area contributed by atoms with Gasteiger partial charge in [-0.3, -0.25) is 19.6 Å². The number of nitrogens with one attached hydrogen (secondary N) is 2. The van der Waals surface area contributed by atoms with Gasteiger partial charge in [-0.25, -0.2) is 5.06 Å². The molecular formula is C24H33N5O6. The minimum Gasteiger partial charge on any atom is -0.451 e. The number of nitrogens with two attached hydrogens (primary N) is 1. The molecule has 1 unspecified atom stereocenters. The van der Waals surface area contributed by atoms with Crippen molar-refractivity contribution in [1.29, 1.82) is 0 Å². The molecule has 1 heterocycles. The summed E-state index contributed by atoms with van der Waals surface area (Å²) in [5.41, 5.74) is 6.74. The van der Waals surface area contributed by atoms with E-state index in [1.165, 1.54) is 6.07 Å². The minimum absolute atomic E-state index is 0.0388. The fourth-order valence-electron chi connectivity index (χ4n) is 3.78. The Labute approximate surface area is 203 Å². The van der Waals surface area contributed by atoms with E-state index in [1.807, 2.05) is 6.92 Å². The summed E-state index contributed by atoms with van der Waals surface area (Å²) in [6.07, 6.45) is 3.87. The predicted molar refractivity (Wildman–Crippen MR) is 129 cm³/mol. The molecule has 11 heteroatoms. The number of carbonyl (C=O) groups is 3. The maximum absolute atomic E-state index is 12.8. The van der Waals surface area contributed by atoms with Crippen LogP contribution in [0.25, 0.3) is 11.3 Å². The molecule has 11 nitrogen and oxygen atoms in total. The highest BCUT2D eigenvalue weighted by Gasteiger charge is 2.30. The Morgan fingerprint density at radius 3 is 2.63 bits per heavy atom. The van der Waals surface area contributed by atoms with E-state index >= 15 is 0 Å². The van der Waals surface area contributed by atoms with Crippen LogP contribution in [0.15, 0.2) is 46.0 Å². The fourth-order valence-corrected chi connectivity index (χ4v) is 3.78. The molecule has 1 aromatic heterocycles. The Balaban J connectivity index is 2.00. The molecule has 0 spiro atoms. The highest BCUT2D eigenvalue weighted by Crippen LogP contribution is 2.23. The summed E-state index contributed by atoms with van der Waals surface area (Å²) in [6.45, 7) is 3.68. The molecule has 6 N–H and O–H groups in total. The molecule has 0 aliphatic rings. The Hall–Kier alpha value is -3.86. The van der Waals surface area contributed by atoms with Gasteiger partial charge in [-0.1, -0.05) is 56.5 Å². The van der Waals surface area contributed by atoms with E-state index in [1.54, 1.807) is 37.3 Å².